The molecule has 1 aromatic heterocycles. The fraction of sp³-hybridized carbons (Fsp3) is 0.500. The molecule has 0 aromatic carbocycles. The molecule has 1 heterocycles. The van der Waals surface area contributed by atoms with Gasteiger partial charge in [0.15, 0.2) is 0 Å². The molecule has 0 saturated heterocycles. The molecule has 0 spiro atoms. The Balaban J connectivity index is 2.56. The molecular formula is C8H13NO2. The SMILES string of the molecule is CNC(CCO)c1ccco1. The summed E-state index contributed by atoms with van der Waals surface area (Å²) in [6, 6.07) is 3.88. The number of hydrogen-bond donors (Lipinski definition) is 2. The Morgan fingerprint density at radius 2 is 2.55 bits per heavy atom. The highest BCUT2D eigenvalue weighted by Gasteiger charge is 2.09. The third-order valence-corrected chi connectivity index (χ3v) is 1.65. The maximum Gasteiger partial charge on any atom is 0.120 e. The van der Waals surface area contributed by atoms with Gasteiger partial charge in [0, 0.05) is 6.61 Å². The number of rotatable bonds is 4. The summed E-state index contributed by atoms with van der Waals surface area (Å²) in [7, 11) is 1.85. The van der Waals surface area contributed by atoms with Gasteiger partial charge in [0.25, 0.3) is 0 Å². The van der Waals surface area contributed by atoms with Crippen LogP contribution in [0.2, 0.25) is 0 Å². The zero-order valence-electron chi connectivity index (χ0n) is 6.58. The first-order chi connectivity index (χ1) is 5.38. The topological polar surface area (TPSA) is 45.4 Å². The second kappa shape index (κ2) is 4.16. The van der Waals surface area contributed by atoms with E-state index in [0.29, 0.717) is 6.42 Å². The van der Waals surface area contributed by atoms with Crippen LogP contribution in [-0.2, 0) is 0 Å². The van der Waals surface area contributed by atoms with E-state index in [2.05, 4.69) is 5.32 Å². The highest BCUT2D eigenvalue weighted by molar-refractivity contribution is 5.03. The van der Waals surface area contributed by atoms with Gasteiger partial charge in [-0.05, 0) is 25.6 Å². The molecule has 0 aliphatic heterocycles. The van der Waals surface area contributed by atoms with E-state index in [9.17, 15) is 0 Å². The van der Waals surface area contributed by atoms with Crippen molar-refractivity contribution in [2.24, 2.45) is 0 Å². The minimum absolute atomic E-state index is 0.134. The average Bonchev–Trinajstić information content (AvgIpc) is 2.52. The first kappa shape index (κ1) is 8.30. The van der Waals surface area contributed by atoms with Gasteiger partial charge >= 0.3 is 0 Å². The lowest BCUT2D eigenvalue weighted by Gasteiger charge is -2.10. The quantitative estimate of drug-likeness (QED) is 0.679. The van der Waals surface area contributed by atoms with E-state index in [4.69, 9.17) is 9.52 Å². The highest BCUT2D eigenvalue weighted by Crippen LogP contribution is 2.15. The van der Waals surface area contributed by atoms with Gasteiger partial charge in [-0.2, -0.15) is 0 Å². The number of aliphatic hydroxyl groups excluding tert-OH is 1. The molecule has 0 aliphatic rings. The van der Waals surface area contributed by atoms with Crippen molar-refractivity contribution in [3.8, 4) is 0 Å². The molecule has 3 heteroatoms. The van der Waals surface area contributed by atoms with E-state index < -0.39 is 0 Å². The lowest BCUT2D eigenvalue weighted by molar-refractivity contribution is 0.258. The second-order valence-electron chi connectivity index (χ2n) is 2.37. The van der Waals surface area contributed by atoms with Crippen molar-refractivity contribution in [3.63, 3.8) is 0 Å². The van der Waals surface area contributed by atoms with Crippen molar-refractivity contribution in [2.75, 3.05) is 13.7 Å². The molecule has 1 atom stereocenters. The first-order valence-electron chi connectivity index (χ1n) is 3.70. The van der Waals surface area contributed by atoms with Crippen LogP contribution in [0.25, 0.3) is 0 Å². The lowest BCUT2D eigenvalue weighted by atomic mass is 10.2. The fourth-order valence-electron chi connectivity index (χ4n) is 1.05. The van der Waals surface area contributed by atoms with Gasteiger partial charge in [-0.15, -0.1) is 0 Å². The van der Waals surface area contributed by atoms with Crippen LogP contribution >= 0.6 is 0 Å². The maximum atomic E-state index is 8.68. The van der Waals surface area contributed by atoms with Crippen LogP contribution in [0.5, 0.6) is 0 Å². The Hall–Kier alpha value is -0.800. The summed E-state index contributed by atoms with van der Waals surface area (Å²) in [5.74, 6) is 0.876. The normalized spacial score (nSPS) is 13.3. The monoisotopic (exact) mass is 155 g/mol. The average molecular weight is 155 g/mol. The molecule has 1 unspecified atom stereocenters. The number of aliphatic hydroxyl groups is 1. The Labute approximate surface area is 66.0 Å². The van der Waals surface area contributed by atoms with Gasteiger partial charge in [-0.3, -0.25) is 0 Å². The number of hydrogen-bond acceptors (Lipinski definition) is 3. The van der Waals surface area contributed by atoms with Gasteiger partial charge in [-0.25, -0.2) is 0 Å². The summed E-state index contributed by atoms with van der Waals surface area (Å²) < 4.78 is 5.17. The van der Waals surface area contributed by atoms with Crippen LogP contribution in [-0.4, -0.2) is 18.8 Å². The van der Waals surface area contributed by atoms with Crippen LogP contribution in [0.1, 0.15) is 18.2 Å². The predicted molar refractivity (Wildman–Crippen MR) is 42.2 cm³/mol. The summed E-state index contributed by atoms with van der Waals surface area (Å²) in [5.41, 5.74) is 0. The Kier molecular flexibility index (Phi) is 3.14. The Morgan fingerprint density at radius 3 is 3.00 bits per heavy atom. The van der Waals surface area contributed by atoms with Crippen molar-refractivity contribution in [2.45, 2.75) is 12.5 Å². The molecule has 62 valence electrons. The van der Waals surface area contributed by atoms with Crippen molar-refractivity contribution in [1.29, 1.82) is 0 Å². The van der Waals surface area contributed by atoms with Gasteiger partial charge < -0.3 is 14.8 Å². The predicted octanol–water partition coefficient (Wildman–Crippen LogP) is 0.923. The van der Waals surface area contributed by atoms with E-state index >= 15 is 0 Å². The zero-order valence-corrected chi connectivity index (χ0v) is 6.58. The van der Waals surface area contributed by atoms with Crippen molar-refractivity contribution in [1.82, 2.24) is 5.32 Å². The fourth-order valence-corrected chi connectivity index (χ4v) is 1.05. The molecule has 2 N–H and O–H groups in total. The van der Waals surface area contributed by atoms with Crippen LogP contribution in [0.4, 0.5) is 0 Å². The maximum absolute atomic E-state index is 8.68. The molecule has 0 radical (unpaired) electrons. The molecule has 1 aromatic rings. The second-order valence-corrected chi connectivity index (χ2v) is 2.37. The molecular weight excluding hydrogens is 142 g/mol. The largest absolute Gasteiger partial charge is 0.468 e. The van der Waals surface area contributed by atoms with Crippen LogP contribution in [0.3, 0.4) is 0 Å². The van der Waals surface area contributed by atoms with Crippen LogP contribution < -0.4 is 5.32 Å². The molecule has 0 aliphatic carbocycles. The number of nitrogens with one attached hydrogen (secondary N) is 1. The standard InChI is InChI=1S/C8H13NO2/c1-9-7(4-5-10)8-3-2-6-11-8/h2-3,6-7,9-10H,4-5H2,1H3. The summed E-state index contributed by atoms with van der Waals surface area (Å²) >= 11 is 0. The minimum Gasteiger partial charge on any atom is -0.468 e. The summed E-state index contributed by atoms with van der Waals surface area (Å²) in [6.07, 6.45) is 2.32. The summed E-state index contributed by atoms with van der Waals surface area (Å²) in [4.78, 5) is 0. The van der Waals surface area contributed by atoms with E-state index in [-0.39, 0.29) is 12.6 Å². The van der Waals surface area contributed by atoms with Gasteiger partial charge in [0.05, 0.1) is 12.3 Å². The molecule has 0 bridgehead atoms. The van der Waals surface area contributed by atoms with Crippen LogP contribution in [0, 0.1) is 0 Å². The minimum atomic E-state index is 0.134. The summed E-state index contributed by atoms with van der Waals surface area (Å²) in [6.45, 7) is 0.173. The van der Waals surface area contributed by atoms with Gasteiger partial charge in [0.2, 0.25) is 0 Å². The van der Waals surface area contributed by atoms with Gasteiger partial charge in [0.1, 0.15) is 5.76 Å². The van der Waals surface area contributed by atoms with Crippen molar-refractivity contribution in [3.05, 3.63) is 24.2 Å². The van der Waals surface area contributed by atoms with E-state index in [1.54, 1.807) is 6.26 Å². The van der Waals surface area contributed by atoms with Crippen molar-refractivity contribution < 1.29 is 9.52 Å². The highest BCUT2D eigenvalue weighted by atomic mass is 16.3. The molecule has 1 rings (SSSR count). The third kappa shape index (κ3) is 2.06. The van der Waals surface area contributed by atoms with E-state index in [1.165, 1.54) is 0 Å². The molecule has 3 nitrogen and oxygen atoms in total. The third-order valence-electron chi connectivity index (χ3n) is 1.65. The molecule has 0 amide bonds. The van der Waals surface area contributed by atoms with Crippen molar-refractivity contribution >= 4 is 0 Å². The van der Waals surface area contributed by atoms with Crippen LogP contribution in [0.15, 0.2) is 22.8 Å². The zero-order chi connectivity index (χ0) is 8.10. The summed E-state index contributed by atoms with van der Waals surface area (Å²) in [5, 5.41) is 11.7. The Bertz CT molecular complexity index is 184. The lowest BCUT2D eigenvalue weighted by Crippen LogP contribution is -2.16. The number of furan rings is 1. The molecule has 0 saturated carbocycles. The molecule has 11 heavy (non-hydrogen) atoms. The first-order valence-corrected chi connectivity index (χ1v) is 3.70. The Morgan fingerprint density at radius 1 is 1.73 bits per heavy atom. The smallest absolute Gasteiger partial charge is 0.120 e. The molecule has 0 fully saturated rings. The van der Waals surface area contributed by atoms with Gasteiger partial charge in [-0.1, -0.05) is 0 Å². The van der Waals surface area contributed by atoms with E-state index in [1.807, 2.05) is 19.2 Å². The van der Waals surface area contributed by atoms with E-state index in [0.717, 1.165) is 5.76 Å².